The Kier molecular flexibility index (Phi) is 3.68. The van der Waals surface area contributed by atoms with E-state index in [0.29, 0.717) is 17.9 Å². The van der Waals surface area contributed by atoms with E-state index < -0.39 is 0 Å². The maximum Gasteiger partial charge on any atom is 0.128 e. The first-order valence-electron chi connectivity index (χ1n) is 6.90. The summed E-state index contributed by atoms with van der Waals surface area (Å²) in [6.07, 6.45) is 0.644. The number of halogens is 2. The normalized spacial score (nSPS) is 11.2. The summed E-state index contributed by atoms with van der Waals surface area (Å²) in [5.41, 5.74) is 4.46. The molecule has 108 valence electrons. The zero-order valence-corrected chi connectivity index (χ0v) is 12.8. The van der Waals surface area contributed by atoms with Crippen LogP contribution in [0.5, 0.6) is 0 Å². The number of alkyl halides is 1. The lowest BCUT2D eigenvalue weighted by atomic mass is 10.2. The highest BCUT2D eigenvalue weighted by atomic mass is 35.5. The first-order valence-corrected chi connectivity index (χ1v) is 7.44. The van der Waals surface area contributed by atoms with Crippen LogP contribution in [0.1, 0.15) is 17.0 Å². The molecule has 4 heteroatoms. The van der Waals surface area contributed by atoms with Crippen molar-refractivity contribution < 1.29 is 4.39 Å². The fraction of sp³-hybridized carbons (Fsp3) is 0.235. The number of fused-ring (bicyclic) bond motifs is 1. The molecule has 21 heavy (non-hydrogen) atoms. The predicted molar refractivity (Wildman–Crippen MR) is 84.9 cm³/mol. The van der Waals surface area contributed by atoms with Crippen LogP contribution in [-0.2, 0) is 6.42 Å². The molecule has 0 amide bonds. The van der Waals surface area contributed by atoms with E-state index in [-0.39, 0.29) is 5.82 Å². The van der Waals surface area contributed by atoms with E-state index in [1.54, 1.807) is 19.1 Å². The number of hydrogen-bond acceptors (Lipinski definition) is 1. The Labute approximate surface area is 128 Å². The van der Waals surface area contributed by atoms with Crippen molar-refractivity contribution in [3.63, 3.8) is 0 Å². The molecule has 0 bridgehead atoms. The van der Waals surface area contributed by atoms with Gasteiger partial charge in [-0.25, -0.2) is 9.37 Å². The number of rotatable bonds is 3. The molecule has 0 spiro atoms. The summed E-state index contributed by atoms with van der Waals surface area (Å²) in [6.45, 7) is 3.79. The molecular weight excluding hydrogens is 287 g/mol. The zero-order chi connectivity index (χ0) is 15.0. The highest BCUT2D eigenvalue weighted by Crippen LogP contribution is 2.24. The number of imidazole rings is 1. The van der Waals surface area contributed by atoms with Gasteiger partial charge in [0.05, 0.1) is 16.7 Å². The van der Waals surface area contributed by atoms with Crippen LogP contribution in [0, 0.1) is 19.7 Å². The highest BCUT2D eigenvalue weighted by molar-refractivity contribution is 6.17. The third-order valence-corrected chi connectivity index (χ3v) is 3.80. The maximum atomic E-state index is 13.9. The van der Waals surface area contributed by atoms with Crippen molar-refractivity contribution >= 4 is 22.6 Å². The molecule has 2 aromatic carbocycles. The predicted octanol–water partition coefficient (Wildman–Crippen LogP) is 4.56. The largest absolute Gasteiger partial charge is 0.296 e. The Hall–Kier alpha value is -1.87. The maximum absolute atomic E-state index is 13.9. The van der Waals surface area contributed by atoms with Crippen LogP contribution in [0.25, 0.3) is 16.7 Å². The highest BCUT2D eigenvalue weighted by Gasteiger charge is 2.13. The molecule has 3 rings (SSSR count). The molecule has 0 radical (unpaired) electrons. The van der Waals surface area contributed by atoms with E-state index in [4.69, 9.17) is 11.6 Å². The monoisotopic (exact) mass is 302 g/mol. The topological polar surface area (TPSA) is 17.8 Å². The second-order valence-electron chi connectivity index (χ2n) is 5.23. The molecule has 3 aromatic rings. The van der Waals surface area contributed by atoms with Crippen LogP contribution < -0.4 is 0 Å². The molecule has 0 unspecified atom stereocenters. The summed E-state index contributed by atoms with van der Waals surface area (Å²) >= 11 is 5.88. The number of nitrogens with zero attached hydrogens (tertiary/aromatic N) is 2. The van der Waals surface area contributed by atoms with E-state index in [0.717, 1.165) is 28.1 Å². The van der Waals surface area contributed by atoms with Crippen molar-refractivity contribution in [2.24, 2.45) is 0 Å². The number of aromatic nitrogens is 2. The second-order valence-corrected chi connectivity index (χ2v) is 5.61. The summed E-state index contributed by atoms with van der Waals surface area (Å²) in [7, 11) is 0. The van der Waals surface area contributed by atoms with E-state index >= 15 is 0 Å². The molecule has 0 aliphatic carbocycles. The number of aryl methyl sites for hydroxylation is 3. The smallest absolute Gasteiger partial charge is 0.128 e. The van der Waals surface area contributed by atoms with E-state index in [2.05, 4.69) is 11.1 Å². The fourth-order valence-corrected chi connectivity index (χ4v) is 2.67. The van der Waals surface area contributed by atoms with Gasteiger partial charge >= 0.3 is 0 Å². The van der Waals surface area contributed by atoms with Crippen LogP contribution in [-0.4, -0.2) is 15.4 Å². The molecule has 0 fully saturated rings. The van der Waals surface area contributed by atoms with Crippen molar-refractivity contribution in [1.29, 1.82) is 0 Å². The van der Waals surface area contributed by atoms with Gasteiger partial charge in [0.15, 0.2) is 0 Å². The summed E-state index contributed by atoms with van der Waals surface area (Å²) in [5.74, 6) is 1.13. The van der Waals surface area contributed by atoms with E-state index in [1.807, 2.05) is 29.7 Å². The van der Waals surface area contributed by atoms with Gasteiger partial charge in [-0.2, -0.15) is 0 Å². The van der Waals surface area contributed by atoms with Gasteiger partial charge in [0.1, 0.15) is 11.6 Å². The summed E-state index contributed by atoms with van der Waals surface area (Å²) in [4.78, 5) is 4.63. The van der Waals surface area contributed by atoms with Gasteiger partial charge in [-0.15, -0.1) is 11.6 Å². The average Bonchev–Trinajstić information content (AvgIpc) is 2.80. The number of hydrogen-bond donors (Lipinski definition) is 0. The van der Waals surface area contributed by atoms with Crippen LogP contribution in [0.4, 0.5) is 4.39 Å². The first kappa shape index (κ1) is 14.1. The Bertz CT molecular complexity index is 808. The van der Waals surface area contributed by atoms with E-state index in [1.165, 1.54) is 0 Å². The second kappa shape index (κ2) is 5.49. The molecule has 1 aromatic heterocycles. The van der Waals surface area contributed by atoms with Gasteiger partial charge in [0, 0.05) is 12.3 Å². The van der Waals surface area contributed by atoms with Gasteiger partial charge in [0.25, 0.3) is 0 Å². The van der Waals surface area contributed by atoms with Crippen LogP contribution in [0.2, 0.25) is 0 Å². The van der Waals surface area contributed by atoms with Crippen molar-refractivity contribution in [3.05, 3.63) is 59.2 Å². The Balaban J connectivity index is 2.29. The van der Waals surface area contributed by atoms with Gasteiger partial charge in [0.2, 0.25) is 0 Å². The third-order valence-electron chi connectivity index (χ3n) is 3.61. The Morgan fingerprint density at radius 2 is 1.95 bits per heavy atom. The summed E-state index contributed by atoms with van der Waals surface area (Å²) in [5, 5.41) is 0. The van der Waals surface area contributed by atoms with Crippen molar-refractivity contribution in [1.82, 2.24) is 9.55 Å². The van der Waals surface area contributed by atoms with Gasteiger partial charge in [-0.1, -0.05) is 12.1 Å². The van der Waals surface area contributed by atoms with Crippen molar-refractivity contribution in [3.8, 4) is 5.69 Å². The van der Waals surface area contributed by atoms with Gasteiger partial charge in [-0.05, 0) is 49.2 Å². The molecule has 0 aliphatic heterocycles. The minimum atomic E-state index is -0.209. The van der Waals surface area contributed by atoms with Crippen LogP contribution >= 0.6 is 11.6 Å². The average molecular weight is 303 g/mol. The number of benzene rings is 2. The molecule has 0 N–H and O–H groups in total. The lowest BCUT2D eigenvalue weighted by Crippen LogP contribution is -2.03. The van der Waals surface area contributed by atoms with Crippen LogP contribution in [0.15, 0.2) is 36.4 Å². The fourth-order valence-electron chi connectivity index (χ4n) is 2.50. The molecule has 0 saturated carbocycles. The lowest BCUT2D eigenvalue weighted by molar-refractivity contribution is 0.617. The molecule has 2 nitrogen and oxygen atoms in total. The zero-order valence-electron chi connectivity index (χ0n) is 12.0. The standard InChI is InChI=1S/C17H16ClFN2/c1-11-3-6-15-16(9-11)21(17(20-15)7-8-18)13-5-4-12(2)14(19)10-13/h3-6,9-10H,7-8H2,1-2H3. The SMILES string of the molecule is Cc1ccc2nc(CCCl)n(-c3ccc(C)c(F)c3)c2c1. The molecule has 0 atom stereocenters. The first-order chi connectivity index (χ1) is 10.1. The van der Waals surface area contributed by atoms with Gasteiger partial charge < -0.3 is 0 Å². The van der Waals surface area contributed by atoms with Crippen molar-refractivity contribution in [2.75, 3.05) is 5.88 Å². The lowest BCUT2D eigenvalue weighted by Gasteiger charge is -2.10. The molecule has 0 aliphatic rings. The van der Waals surface area contributed by atoms with Gasteiger partial charge in [-0.3, -0.25) is 4.57 Å². The minimum Gasteiger partial charge on any atom is -0.296 e. The molecule has 1 heterocycles. The third kappa shape index (κ3) is 2.54. The summed E-state index contributed by atoms with van der Waals surface area (Å²) in [6, 6.07) is 11.3. The summed E-state index contributed by atoms with van der Waals surface area (Å²) < 4.78 is 15.9. The van der Waals surface area contributed by atoms with Crippen molar-refractivity contribution in [2.45, 2.75) is 20.3 Å². The quantitative estimate of drug-likeness (QED) is 0.648. The minimum absolute atomic E-state index is 0.209. The Morgan fingerprint density at radius 3 is 2.67 bits per heavy atom. The molecular formula is C17H16ClFN2. The molecule has 0 saturated heterocycles. The van der Waals surface area contributed by atoms with Crippen LogP contribution in [0.3, 0.4) is 0 Å². The Morgan fingerprint density at radius 1 is 1.14 bits per heavy atom. The van der Waals surface area contributed by atoms with E-state index in [9.17, 15) is 4.39 Å².